The average molecular weight is 324 g/mol. The highest BCUT2D eigenvalue weighted by atomic mass is 16.5. The number of piperidine rings is 1. The van der Waals surface area contributed by atoms with Crippen molar-refractivity contribution in [2.75, 3.05) is 18.0 Å². The van der Waals surface area contributed by atoms with Crippen molar-refractivity contribution in [1.29, 1.82) is 0 Å². The predicted molar refractivity (Wildman–Crippen MR) is 89.6 cm³/mol. The summed E-state index contributed by atoms with van der Waals surface area (Å²) in [6.07, 6.45) is 8.04. The molecule has 0 unspecified atom stereocenters. The van der Waals surface area contributed by atoms with Gasteiger partial charge in [-0.25, -0.2) is 0 Å². The molecule has 0 aromatic carbocycles. The number of hydrogen-bond donors (Lipinski definition) is 0. The molecule has 24 heavy (non-hydrogen) atoms. The molecular formula is C17H20N6O. The van der Waals surface area contributed by atoms with Crippen molar-refractivity contribution >= 4 is 5.69 Å². The Hall–Kier alpha value is -2.70. The van der Waals surface area contributed by atoms with E-state index < -0.39 is 0 Å². The van der Waals surface area contributed by atoms with Gasteiger partial charge >= 0.3 is 0 Å². The molecular weight excluding hydrogens is 304 g/mol. The van der Waals surface area contributed by atoms with Crippen LogP contribution < -0.4 is 4.90 Å². The summed E-state index contributed by atoms with van der Waals surface area (Å²) in [5, 5.41) is 8.40. The predicted octanol–water partition coefficient (Wildman–Crippen LogP) is 2.45. The van der Waals surface area contributed by atoms with Crippen molar-refractivity contribution in [2.24, 2.45) is 7.05 Å². The molecule has 1 saturated heterocycles. The van der Waals surface area contributed by atoms with Crippen LogP contribution in [0.2, 0.25) is 0 Å². The Morgan fingerprint density at radius 2 is 2.04 bits per heavy atom. The molecule has 0 saturated carbocycles. The minimum Gasteiger partial charge on any atom is -0.371 e. The molecule has 0 amide bonds. The number of rotatable bonds is 4. The van der Waals surface area contributed by atoms with Gasteiger partial charge in [0.15, 0.2) is 0 Å². The van der Waals surface area contributed by atoms with Crippen molar-refractivity contribution < 1.29 is 4.52 Å². The van der Waals surface area contributed by atoms with Gasteiger partial charge in [0.2, 0.25) is 11.7 Å². The van der Waals surface area contributed by atoms with Crippen LogP contribution in [0.3, 0.4) is 0 Å². The van der Waals surface area contributed by atoms with Gasteiger partial charge < -0.3 is 9.42 Å². The van der Waals surface area contributed by atoms with Gasteiger partial charge in [-0.1, -0.05) is 5.16 Å². The summed E-state index contributed by atoms with van der Waals surface area (Å²) in [6, 6.07) is 6.03. The van der Waals surface area contributed by atoms with Gasteiger partial charge in [0, 0.05) is 38.2 Å². The summed E-state index contributed by atoms with van der Waals surface area (Å²) in [5.74, 6) is 1.08. The second kappa shape index (κ2) is 6.43. The zero-order chi connectivity index (χ0) is 16.4. The zero-order valence-electron chi connectivity index (χ0n) is 13.7. The summed E-state index contributed by atoms with van der Waals surface area (Å²) >= 11 is 0. The van der Waals surface area contributed by atoms with E-state index in [9.17, 15) is 0 Å². The fraction of sp³-hybridized carbons (Fsp3) is 0.412. The zero-order valence-corrected chi connectivity index (χ0v) is 13.7. The lowest BCUT2D eigenvalue weighted by atomic mass is 10.1. The number of aromatic nitrogens is 5. The summed E-state index contributed by atoms with van der Waals surface area (Å²) in [7, 11) is 1.89. The number of hydrogen-bond acceptors (Lipinski definition) is 6. The quantitative estimate of drug-likeness (QED) is 0.734. The van der Waals surface area contributed by atoms with Gasteiger partial charge in [0.05, 0.1) is 12.1 Å². The Labute approximate surface area is 140 Å². The highest BCUT2D eigenvalue weighted by Crippen LogP contribution is 2.23. The average Bonchev–Trinajstić information content (AvgIpc) is 3.25. The highest BCUT2D eigenvalue weighted by molar-refractivity contribution is 5.58. The lowest BCUT2D eigenvalue weighted by molar-refractivity contribution is 0.384. The third-order valence-corrected chi connectivity index (χ3v) is 4.26. The van der Waals surface area contributed by atoms with E-state index in [0.717, 1.165) is 24.5 Å². The van der Waals surface area contributed by atoms with Crippen molar-refractivity contribution in [1.82, 2.24) is 24.9 Å². The molecule has 4 heterocycles. The smallest absolute Gasteiger partial charge is 0.233 e. The minimum atomic E-state index is 0.527. The Morgan fingerprint density at radius 3 is 2.83 bits per heavy atom. The molecule has 0 atom stereocenters. The van der Waals surface area contributed by atoms with Crippen LogP contribution in [0.1, 0.15) is 30.8 Å². The van der Waals surface area contributed by atoms with Crippen LogP contribution in [-0.4, -0.2) is 38.0 Å². The Balaban J connectivity index is 1.53. The van der Waals surface area contributed by atoms with E-state index >= 15 is 0 Å². The molecule has 4 rings (SSSR count). The first-order chi connectivity index (χ1) is 11.8. The van der Waals surface area contributed by atoms with Crippen molar-refractivity contribution in [2.45, 2.75) is 25.7 Å². The van der Waals surface area contributed by atoms with Crippen LogP contribution in [0.5, 0.6) is 0 Å². The Morgan fingerprint density at radius 1 is 1.17 bits per heavy atom. The van der Waals surface area contributed by atoms with Gasteiger partial charge in [-0.2, -0.15) is 10.1 Å². The first-order valence-electron chi connectivity index (χ1n) is 8.30. The summed E-state index contributed by atoms with van der Waals surface area (Å²) in [5.41, 5.74) is 2.83. The van der Waals surface area contributed by atoms with E-state index in [0.29, 0.717) is 18.1 Å². The van der Waals surface area contributed by atoms with Crippen LogP contribution in [0, 0.1) is 0 Å². The van der Waals surface area contributed by atoms with Crippen LogP contribution in [-0.2, 0) is 13.5 Å². The molecule has 3 aromatic rings. The molecule has 124 valence electrons. The number of anilines is 1. The van der Waals surface area contributed by atoms with Gasteiger partial charge in [0.1, 0.15) is 5.69 Å². The van der Waals surface area contributed by atoms with Gasteiger partial charge in [-0.15, -0.1) is 0 Å². The second-order valence-corrected chi connectivity index (χ2v) is 6.12. The molecule has 1 fully saturated rings. The van der Waals surface area contributed by atoms with Crippen LogP contribution in [0.25, 0.3) is 11.5 Å². The third-order valence-electron chi connectivity index (χ3n) is 4.26. The van der Waals surface area contributed by atoms with Crippen molar-refractivity contribution in [3.63, 3.8) is 0 Å². The molecule has 0 N–H and O–H groups in total. The molecule has 1 aliphatic heterocycles. The fourth-order valence-electron chi connectivity index (χ4n) is 3.03. The molecule has 7 nitrogen and oxygen atoms in total. The highest BCUT2D eigenvalue weighted by Gasteiger charge is 2.15. The molecule has 3 aromatic heterocycles. The third kappa shape index (κ3) is 3.15. The number of nitrogens with zero attached hydrogens (tertiary/aromatic N) is 6. The second-order valence-electron chi connectivity index (χ2n) is 6.12. The minimum absolute atomic E-state index is 0.527. The topological polar surface area (TPSA) is 72.9 Å². The molecule has 7 heteroatoms. The van der Waals surface area contributed by atoms with Crippen molar-refractivity contribution in [3.05, 3.63) is 42.2 Å². The van der Waals surface area contributed by atoms with E-state index in [1.54, 1.807) is 4.68 Å². The van der Waals surface area contributed by atoms with E-state index in [-0.39, 0.29) is 0 Å². The number of aryl methyl sites for hydroxylation is 1. The molecule has 0 spiro atoms. The van der Waals surface area contributed by atoms with Crippen molar-refractivity contribution in [3.8, 4) is 11.5 Å². The Bertz CT molecular complexity index is 818. The SMILES string of the molecule is Cn1ccc(Cc2nc(-c3cc(N4CCCCC4)ccn3)no2)n1. The number of pyridine rings is 1. The van der Waals surface area contributed by atoms with Gasteiger partial charge in [-0.3, -0.25) is 9.67 Å². The maximum absolute atomic E-state index is 5.35. The largest absolute Gasteiger partial charge is 0.371 e. The molecule has 0 radical (unpaired) electrons. The van der Waals surface area contributed by atoms with Crippen LogP contribution >= 0.6 is 0 Å². The van der Waals surface area contributed by atoms with E-state index in [4.69, 9.17) is 4.52 Å². The van der Waals surface area contributed by atoms with Gasteiger partial charge in [-0.05, 0) is 37.5 Å². The lowest BCUT2D eigenvalue weighted by Crippen LogP contribution is -2.29. The van der Waals surface area contributed by atoms with Crippen LogP contribution in [0.15, 0.2) is 35.1 Å². The Kier molecular flexibility index (Phi) is 3.98. The normalized spacial score (nSPS) is 15.0. The summed E-state index contributed by atoms with van der Waals surface area (Å²) in [4.78, 5) is 11.3. The van der Waals surface area contributed by atoms with E-state index in [1.807, 2.05) is 37.6 Å². The maximum Gasteiger partial charge on any atom is 0.233 e. The molecule has 0 aliphatic carbocycles. The first-order valence-corrected chi connectivity index (χ1v) is 8.30. The lowest BCUT2D eigenvalue weighted by Gasteiger charge is -2.28. The van der Waals surface area contributed by atoms with Crippen LogP contribution in [0.4, 0.5) is 5.69 Å². The first kappa shape index (κ1) is 14.9. The summed E-state index contributed by atoms with van der Waals surface area (Å²) < 4.78 is 7.11. The van der Waals surface area contributed by atoms with Gasteiger partial charge in [0.25, 0.3) is 0 Å². The molecule has 1 aliphatic rings. The maximum atomic E-state index is 5.35. The fourth-order valence-corrected chi connectivity index (χ4v) is 3.03. The van der Waals surface area contributed by atoms with E-state index in [2.05, 4.69) is 25.1 Å². The standard InChI is InChI=1S/C17H20N6O/c1-22-10-6-13(20-22)11-16-19-17(21-24-16)15-12-14(5-7-18-15)23-8-3-2-4-9-23/h5-7,10,12H,2-4,8-9,11H2,1H3. The summed E-state index contributed by atoms with van der Waals surface area (Å²) in [6.45, 7) is 2.20. The molecule has 0 bridgehead atoms. The monoisotopic (exact) mass is 324 g/mol. The van der Waals surface area contributed by atoms with E-state index in [1.165, 1.54) is 24.9 Å².